The number of ether oxygens (including phenoxy) is 1. The van der Waals surface area contributed by atoms with Crippen LogP contribution in [0.2, 0.25) is 5.02 Å². The molecule has 1 amide bonds. The number of fused-ring (bicyclic) bond motifs is 1. The Bertz CT molecular complexity index is 1880. The van der Waals surface area contributed by atoms with Gasteiger partial charge in [-0.2, -0.15) is 0 Å². The van der Waals surface area contributed by atoms with Crippen molar-refractivity contribution in [3.8, 4) is 17.0 Å². The third-order valence-corrected chi connectivity index (χ3v) is 8.18. The maximum absolute atomic E-state index is 13.5. The quantitative estimate of drug-likeness (QED) is 0.191. The third kappa shape index (κ3) is 7.38. The number of aromatic nitrogens is 3. The summed E-state index contributed by atoms with van der Waals surface area (Å²) in [7, 11) is -3.43. The van der Waals surface area contributed by atoms with Gasteiger partial charge < -0.3 is 15.4 Å². The van der Waals surface area contributed by atoms with Gasteiger partial charge in [-0.1, -0.05) is 29.8 Å². The third-order valence-electron chi connectivity index (χ3n) is 6.07. The highest BCUT2D eigenvalue weighted by molar-refractivity contribution is 7.91. The summed E-state index contributed by atoms with van der Waals surface area (Å²) in [6, 6.07) is 16.6. The second-order valence-electron chi connectivity index (χ2n) is 9.57. The summed E-state index contributed by atoms with van der Waals surface area (Å²) >= 11 is 7.84. The van der Waals surface area contributed by atoms with E-state index in [4.69, 9.17) is 16.3 Å². The number of hydrogen-bond donors (Lipinski definition) is 2. The van der Waals surface area contributed by atoms with Gasteiger partial charge in [0.1, 0.15) is 41.1 Å². The summed E-state index contributed by atoms with van der Waals surface area (Å²) in [5.41, 5.74) is 3.60. The lowest BCUT2D eigenvalue weighted by atomic mass is 10.1. The standard InChI is InChI=1S/C29H25ClFN5O4S2/c1-17(34-27(37)15-42(2,38)39)29-36-25(14-41-29)19-6-8-24-22(11-19)28(33-16-32-24)35-21-7-9-26(23(30)12-21)40-13-18-4-3-5-20(31)10-18/h3-12,14,16-17H,13,15H2,1-2H3,(H,34,37)(H,32,33,35). The van der Waals surface area contributed by atoms with Gasteiger partial charge in [0.25, 0.3) is 0 Å². The summed E-state index contributed by atoms with van der Waals surface area (Å²) in [6.07, 6.45) is 2.48. The van der Waals surface area contributed by atoms with Crippen LogP contribution in [-0.4, -0.2) is 41.3 Å². The number of carbonyl (C=O) groups excluding carboxylic acids is 1. The van der Waals surface area contributed by atoms with Gasteiger partial charge in [0.15, 0.2) is 9.84 Å². The van der Waals surface area contributed by atoms with Gasteiger partial charge in [-0.15, -0.1) is 11.3 Å². The zero-order chi connectivity index (χ0) is 29.9. The molecule has 0 radical (unpaired) electrons. The molecular weight excluding hydrogens is 601 g/mol. The summed E-state index contributed by atoms with van der Waals surface area (Å²) in [4.78, 5) is 25.5. The van der Waals surface area contributed by atoms with Crippen molar-refractivity contribution in [2.45, 2.75) is 19.6 Å². The van der Waals surface area contributed by atoms with Crippen molar-refractivity contribution in [2.24, 2.45) is 0 Å². The Kier molecular flexibility index (Phi) is 8.66. The number of nitrogens with one attached hydrogen (secondary N) is 2. The molecule has 0 saturated heterocycles. The molecule has 2 heterocycles. The molecule has 1 atom stereocenters. The van der Waals surface area contributed by atoms with Crippen molar-refractivity contribution < 1.29 is 22.3 Å². The first kappa shape index (κ1) is 29.4. The number of amides is 1. The first-order valence-electron chi connectivity index (χ1n) is 12.7. The summed E-state index contributed by atoms with van der Waals surface area (Å²) in [6.45, 7) is 1.93. The summed E-state index contributed by atoms with van der Waals surface area (Å²) < 4.78 is 42.0. The summed E-state index contributed by atoms with van der Waals surface area (Å²) in [5.74, 6) is -0.467. The molecule has 216 valence electrons. The minimum atomic E-state index is -3.43. The fourth-order valence-electron chi connectivity index (χ4n) is 4.14. The second-order valence-corrected chi connectivity index (χ2v) is 13.0. The normalized spacial score (nSPS) is 12.2. The fourth-order valence-corrected chi connectivity index (χ4v) is 5.77. The molecule has 0 fully saturated rings. The van der Waals surface area contributed by atoms with Crippen LogP contribution in [0.1, 0.15) is 23.5 Å². The molecule has 2 N–H and O–H groups in total. The highest BCUT2D eigenvalue weighted by Gasteiger charge is 2.18. The Morgan fingerprint density at radius 2 is 1.95 bits per heavy atom. The number of rotatable bonds is 10. The van der Waals surface area contributed by atoms with E-state index in [1.165, 1.54) is 29.8 Å². The maximum Gasteiger partial charge on any atom is 0.235 e. The number of halogens is 2. The zero-order valence-electron chi connectivity index (χ0n) is 22.5. The number of thiazole rings is 1. The lowest BCUT2D eigenvalue weighted by Gasteiger charge is -2.12. The van der Waals surface area contributed by atoms with Crippen LogP contribution in [-0.2, 0) is 21.2 Å². The molecule has 0 aliphatic heterocycles. The molecule has 0 spiro atoms. The van der Waals surface area contributed by atoms with Crippen molar-refractivity contribution in [1.82, 2.24) is 20.3 Å². The minimum absolute atomic E-state index is 0.174. The number of nitrogens with zero attached hydrogens (tertiary/aromatic N) is 3. The van der Waals surface area contributed by atoms with E-state index in [1.807, 2.05) is 23.6 Å². The Morgan fingerprint density at radius 3 is 2.71 bits per heavy atom. The fraction of sp³-hybridized carbons (Fsp3) is 0.172. The Labute approximate surface area is 250 Å². The van der Waals surface area contributed by atoms with Gasteiger partial charge in [0, 0.05) is 28.3 Å². The Balaban J connectivity index is 1.32. The van der Waals surface area contributed by atoms with Gasteiger partial charge in [-0.05, 0) is 55.0 Å². The smallest absolute Gasteiger partial charge is 0.235 e. The predicted octanol–water partition coefficient (Wildman–Crippen LogP) is 6.09. The molecule has 1 unspecified atom stereocenters. The topological polar surface area (TPSA) is 123 Å². The van der Waals surface area contributed by atoms with E-state index in [0.717, 1.165) is 17.2 Å². The largest absolute Gasteiger partial charge is 0.487 e. The number of sulfone groups is 1. The highest BCUT2D eigenvalue weighted by atomic mass is 35.5. The van der Waals surface area contributed by atoms with Gasteiger partial charge in [-0.3, -0.25) is 4.79 Å². The van der Waals surface area contributed by atoms with Crippen LogP contribution >= 0.6 is 22.9 Å². The van der Waals surface area contributed by atoms with E-state index >= 15 is 0 Å². The SMILES string of the molecule is CC(NC(=O)CS(C)(=O)=O)c1nc(-c2ccc3ncnc(Nc4ccc(OCc5cccc(F)c5)c(Cl)c4)c3c2)cs1. The van der Waals surface area contributed by atoms with Crippen molar-refractivity contribution in [3.63, 3.8) is 0 Å². The molecule has 0 aliphatic rings. The van der Waals surface area contributed by atoms with Crippen LogP contribution < -0.4 is 15.4 Å². The molecular formula is C29H25ClFN5O4S2. The first-order valence-corrected chi connectivity index (χ1v) is 16.0. The molecule has 9 nitrogen and oxygen atoms in total. The zero-order valence-corrected chi connectivity index (χ0v) is 24.9. The molecule has 42 heavy (non-hydrogen) atoms. The van der Waals surface area contributed by atoms with Crippen LogP contribution in [0.5, 0.6) is 5.75 Å². The van der Waals surface area contributed by atoms with E-state index in [2.05, 4.69) is 25.6 Å². The highest BCUT2D eigenvalue weighted by Crippen LogP contribution is 2.33. The van der Waals surface area contributed by atoms with E-state index in [0.29, 0.717) is 44.1 Å². The lowest BCUT2D eigenvalue weighted by molar-refractivity contribution is -0.119. The molecule has 5 aromatic rings. The molecule has 5 rings (SSSR count). The van der Waals surface area contributed by atoms with Crippen LogP contribution in [0, 0.1) is 5.82 Å². The number of anilines is 2. The van der Waals surface area contributed by atoms with Crippen molar-refractivity contribution in [1.29, 1.82) is 0 Å². The van der Waals surface area contributed by atoms with Crippen LogP contribution in [0.25, 0.3) is 22.2 Å². The average Bonchev–Trinajstić information content (AvgIpc) is 3.42. The van der Waals surface area contributed by atoms with Crippen LogP contribution in [0.15, 0.2) is 72.4 Å². The monoisotopic (exact) mass is 625 g/mol. The molecule has 0 bridgehead atoms. The van der Waals surface area contributed by atoms with E-state index in [9.17, 15) is 17.6 Å². The van der Waals surface area contributed by atoms with Crippen molar-refractivity contribution in [2.75, 3.05) is 17.3 Å². The average molecular weight is 626 g/mol. The lowest BCUT2D eigenvalue weighted by Crippen LogP contribution is -2.31. The van der Waals surface area contributed by atoms with Gasteiger partial charge in [-0.25, -0.2) is 27.8 Å². The molecule has 2 aromatic heterocycles. The summed E-state index contributed by atoms with van der Waals surface area (Å²) in [5, 5.41) is 9.60. The molecule has 13 heteroatoms. The van der Waals surface area contributed by atoms with Crippen molar-refractivity contribution in [3.05, 3.63) is 93.8 Å². The number of hydrogen-bond acceptors (Lipinski definition) is 9. The predicted molar refractivity (Wildman–Crippen MR) is 162 cm³/mol. The minimum Gasteiger partial charge on any atom is -0.487 e. The molecule has 0 aliphatic carbocycles. The van der Waals surface area contributed by atoms with Crippen LogP contribution in [0.3, 0.4) is 0 Å². The van der Waals surface area contributed by atoms with Gasteiger partial charge >= 0.3 is 0 Å². The Hall–Kier alpha value is -4.13. The van der Waals surface area contributed by atoms with Crippen molar-refractivity contribution >= 4 is 61.1 Å². The number of benzene rings is 3. The molecule has 0 saturated carbocycles. The first-order chi connectivity index (χ1) is 20.0. The Morgan fingerprint density at radius 1 is 1.12 bits per heavy atom. The second kappa shape index (κ2) is 12.4. The van der Waals surface area contributed by atoms with Gasteiger partial charge in [0.05, 0.1) is 22.3 Å². The van der Waals surface area contributed by atoms with E-state index < -0.39 is 27.5 Å². The van der Waals surface area contributed by atoms with Crippen LogP contribution in [0.4, 0.5) is 15.9 Å². The maximum atomic E-state index is 13.5. The molecule has 3 aromatic carbocycles. The van der Waals surface area contributed by atoms with E-state index in [1.54, 1.807) is 37.3 Å². The van der Waals surface area contributed by atoms with E-state index in [-0.39, 0.29) is 12.4 Å². The van der Waals surface area contributed by atoms with Gasteiger partial charge in [0.2, 0.25) is 5.91 Å². The number of carbonyl (C=O) groups is 1.